The molecule has 248 valence electrons. The number of rotatable bonds is 6. The van der Waals surface area contributed by atoms with Crippen LogP contribution in [0.25, 0.3) is 94.7 Å². The number of fused-ring (bicyclic) bond motifs is 4. The molecule has 0 bridgehead atoms. The van der Waals surface area contributed by atoms with Gasteiger partial charge in [0.2, 0.25) is 0 Å². The molecule has 0 radical (unpaired) electrons. The molecule has 0 amide bonds. The lowest BCUT2D eigenvalue weighted by atomic mass is 9.95. The van der Waals surface area contributed by atoms with E-state index >= 15 is 0 Å². The molecule has 8 aromatic carbocycles. The predicted molar refractivity (Wildman–Crippen MR) is 219 cm³/mol. The molecular formula is C49H32N4. The molecule has 0 aliphatic carbocycles. The van der Waals surface area contributed by atoms with Crippen molar-refractivity contribution in [2.45, 2.75) is 0 Å². The molecule has 2 heterocycles. The van der Waals surface area contributed by atoms with Crippen molar-refractivity contribution < 1.29 is 0 Å². The van der Waals surface area contributed by atoms with Crippen LogP contribution >= 0.6 is 0 Å². The second-order valence-electron chi connectivity index (χ2n) is 13.2. The topological polar surface area (TPSA) is 43.6 Å². The Morgan fingerprint density at radius 2 is 0.755 bits per heavy atom. The molecular weight excluding hydrogens is 645 g/mol. The van der Waals surface area contributed by atoms with Crippen LogP contribution in [0.2, 0.25) is 0 Å². The molecule has 0 spiro atoms. The van der Waals surface area contributed by atoms with Crippen molar-refractivity contribution in [3.63, 3.8) is 0 Å². The first-order valence-electron chi connectivity index (χ1n) is 17.9. The minimum Gasteiger partial charge on any atom is -0.309 e. The van der Waals surface area contributed by atoms with Gasteiger partial charge in [0.15, 0.2) is 17.5 Å². The van der Waals surface area contributed by atoms with Crippen LogP contribution < -0.4 is 0 Å². The monoisotopic (exact) mass is 676 g/mol. The average molecular weight is 677 g/mol. The summed E-state index contributed by atoms with van der Waals surface area (Å²) in [5.41, 5.74) is 11.0. The highest BCUT2D eigenvalue weighted by atomic mass is 15.0. The highest BCUT2D eigenvalue weighted by Gasteiger charge is 2.17. The second kappa shape index (κ2) is 12.9. The molecule has 53 heavy (non-hydrogen) atoms. The zero-order valence-corrected chi connectivity index (χ0v) is 28.8. The standard InChI is InChI=1S/C49H32N4/c1-4-14-33(15-5-1)37-26-31-46-44(32-37)42-22-12-13-23-45(42)53(46)38-27-24-36(25-28-38)48-50-47(35-18-8-3-9-19-35)51-49(52-48)43-30-29-39(34-16-6-2-7-17-34)40-20-10-11-21-41(40)43/h1-32H. The van der Waals surface area contributed by atoms with E-state index in [0.29, 0.717) is 17.5 Å². The summed E-state index contributed by atoms with van der Waals surface area (Å²) < 4.78 is 2.35. The molecule has 4 nitrogen and oxygen atoms in total. The quantitative estimate of drug-likeness (QED) is 0.176. The Balaban J connectivity index is 1.10. The Bertz CT molecular complexity index is 2910. The van der Waals surface area contributed by atoms with E-state index in [-0.39, 0.29) is 0 Å². The lowest BCUT2D eigenvalue weighted by Crippen LogP contribution is -2.01. The third-order valence-corrected chi connectivity index (χ3v) is 10.1. The van der Waals surface area contributed by atoms with Crippen molar-refractivity contribution >= 4 is 32.6 Å². The normalized spacial score (nSPS) is 11.4. The van der Waals surface area contributed by atoms with Crippen molar-refractivity contribution in [3.8, 4) is 62.1 Å². The lowest BCUT2D eigenvalue weighted by Gasteiger charge is -2.13. The first-order valence-corrected chi connectivity index (χ1v) is 17.9. The number of aromatic nitrogens is 4. The van der Waals surface area contributed by atoms with Gasteiger partial charge in [0.25, 0.3) is 0 Å². The minimum absolute atomic E-state index is 0.631. The van der Waals surface area contributed by atoms with Crippen molar-refractivity contribution in [1.29, 1.82) is 0 Å². The van der Waals surface area contributed by atoms with Crippen LogP contribution in [0.3, 0.4) is 0 Å². The lowest BCUT2D eigenvalue weighted by molar-refractivity contribution is 1.07. The van der Waals surface area contributed by atoms with Crippen LogP contribution in [0.15, 0.2) is 194 Å². The Hall–Kier alpha value is -7.17. The van der Waals surface area contributed by atoms with Gasteiger partial charge < -0.3 is 4.57 Å². The van der Waals surface area contributed by atoms with Crippen molar-refractivity contribution in [2.75, 3.05) is 0 Å². The van der Waals surface area contributed by atoms with Gasteiger partial charge in [0.05, 0.1) is 11.0 Å². The van der Waals surface area contributed by atoms with Gasteiger partial charge in [-0.25, -0.2) is 15.0 Å². The van der Waals surface area contributed by atoms with E-state index in [1.807, 2.05) is 30.3 Å². The molecule has 0 aliphatic heterocycles. The van der Waals surface area contributed by atoms with Gasteiger partial charge in [-0.15, -0.1) is 0 Å². The van der Waals surface area contributed by atoms with Crippen LogP contribution in [-0.2, 0) is 0 Å². The zero-order valence-electron chi connectivity index (χ0n) is 28.8. The number of hydrogen-bond donors (Lipinski definition) is 0. The molecule has 10 aromatic rings. The summed E-state index contributed by atoms with van der Waals surface area (Å²) in [6, 6.07) is 68.1. The number of benzene rings is 8. The van der Waals surface area contributed by atoms with Crippen LogP contribution in [0.4, 0.5) is 0 Å². The van der Waals surface area contributed by atoms with E-state index in [4.69, 9.17) is 15.0 Å². The predicted octanol–water partition coefficient (Wildman–Crippen LogP) is 12.5. The maximum atomic E-state index is 5.15. The van der Waals surface area contributed by atoms with Crippen LogP contribution in [0, 0.1) is 0 Å². The van der Waals surface area contributed by atoms with Crippen LogP contribution in [0.5, 0.6) is 0 Å². The molecule has 0 aliphatic rings. The van der Waals surface area contributed by atoms with E-state index in [1.165, 1.54) is 44.1 Å². The molecule has 0 saturated heterocycles. The minimum atomic E-state index is 0.631. The van der Waals surface area contributed by atoms with E-state index in [0.717, 1.165) is 33.2 Å². The zero-order chi connectivity index (χ0) is 35.1. The van der Waals surface area contributed by atoms with Crippen LogP contribution in [0.1, 0.15) is 0 Å². The average Bonchev–Trinajstić information content (AvgIpc) is 3.58. The van der Waals surface area contributed by atoms with Gasteiger partial charge in [-0.3, -0.25) is 0 Å². The van der Waals surface area contributed by atoms with Crippen LogP contribution in [-0.4, -0.2) is 19.5 Å². The fourth-order valence-corrected chi connectivity index (χ4v) is 7.53. The van der Waals surface area contributed by atoms with Gasteiger partial charge in [-0.1, -0.05) is 146 Å². The summed E-state index contributed by atoms with van der Waals surface area (Å²) in [6.45, 7) is 0. The molecule has 2 aromatic heterocycles. The second-order valence-corrected chi connectivity index (χ2v) is 13.2. The first-order chi connectivity index (χ1) is 26.3. The molecule has 0 atom stereocenters. The Labute approximate surface area is 307 Å². The summed E-state index contributed by atoms with van der Waals surface area (Å²) in [6.07, 6.45) is 0. The third kappa shape index (κ3) is 5.45. The summed E-state index contributed by atoms with van der Waals surface area (Å²) in [7, 11) is 0. The summed E-state index contributed by atoms with van der Waals surface area (Å²) in [5, 5.41) is 4.71. The number of hydrogen-bond acceptors (Lipinski definition) is 3. The smallest absolute Gasteiger partial charge is 0.164 e. The highest BCUT2D eigenvalue weighted by Crippen LogP contribution is 2.37. The Morgan fingerprint density at radius 3 is 1.43 bits per heavy atom. The van der Waals surface area contributed by atoms with Crippen molar-refractivity contribution in [1.82, 2.24) is 19.5 Å². The largest absolute Gasteiger partial charge is 0.309 e. The summed E-state index contributed by atoms with van der Waals surface area (Å²) >= 11 is 0. The van der Waals surface area contributed by atoms with Gasteiger partial charge >= 0.3 is 0 Å². The van der Waals surface area contributed by atoms with Gasteiger partial charge in [0, 0.05) is 33.2 Å². The van der Waals surface area contributed by atoms with Gasteiger partial charge in [0.1, 0.15) is 0 Å². The van der Waals surface area contributed by atoms with E-state index in [9.17, 15) is 0 Å². The maximum Gasteiger partial charge on any atom is 0.164 e. The van der Waals surface area contributed by atoms with E-state index in [1.54, 1.807) is 0 Å². The molecule has 0 unspecified atom stereocenters. The Kier molecular flexibility index (Phi) is 7.43. The number of para-hydroxylation sites is 1. The molecule has 0 saturated carbocycles. The van der Waals surface area contributed by atoms with E-state index in [2.05, 4.69) is 168 Å². The molecule has 4 heteroatoms. The summed E-state index contributed by atoms with van der Waals surface area (Å²) in [4.78, 5) is 15.3. The molecule has 0 N–H and O–H groups in total. The summed E-state index contributed by atoms with van der Waals surface area (Å²) in [5.74, 6) is 1.92. The highest BCUT2D eigenvalue weighted by molar-refractivity contribution is 6.10. The first kappa shape index (κ1) is 30.6. The van der Waals surface area contributed by atoms with Crippen molar-refractivity contribution in [3.05, 3.63) is 194 Å². The Morgan fingerprint density at radius 1 is 0.283 bits per heavy atom. The number of nitrogens with zero attached hydrogens (tertiary/aromatic N) is 4. The fourth-order valence-electron chi connectivity index (χ4n) is 7.53. The maximum absolute atomic E-state index is 5.15. The van der Waals surface area contributed by atoms with Crippen molar-refractivity contribution in [2.24, 2.45) is 0 Å². The van der Waals surface area contributed by atoms with Gasteiger partial charge in [-0.2, -0.15) is 0 Å². The third-order valence-electron chi connectivity index (χ3n) is 10.1. The van der Waals surface area contributed by atoms with E-state index < -0.39 is 0 Å². The fraction of sp³-hybridized carbons (Fsp3) is 0. The molecule has 10 rings (SSSR count). The van der Waals surface area contributed by atoms with Gasteiger partial charge in [-0.05, 0) is 81.6 Å². The SMILES string of the molecule is c1ccc(-c2ccc3c(c2)c2ccccc2n3-c2ccc(-c3nc(-c4ccccc4)nc(-c4ccc(-c5ccccc5)c5ccccc45)n3)cc2)cc1. The molecule has 0 fully saturated rings.